The van der Waals surface area contributed by atoms with E-state index in [4.69, 9.17) is 27.9 Å². The summed E-state index contributed by atoms with van der Waals surface area (Å²) in [6.45, 7) is 6.11. The quantitative estimate of drug-likeness (QED) is 0.353. The number of carbonyl (C=O) groups is 3. The van der Waals surface area contributed by atoms with Gasteiger partial charge in [-0.3, -0.25) is 19.3 Å². The molecule has 5 atom stereocenters. The molecule has 0 aromatic heterocycles. The van der Waals surface area contributed by atoms with E-state index in [0.717, 1.165) is 71.4 Å². The second kappa shape index (κ2) is 13.9. The van der Waals surface area contributed by atoms with Gasteiger partial charge in [-0.25, -0.2) is 0 Å². The van der Waals surface area contributed by atoms with Crippen LogP contribution in [0.4, 0.5) is 5.69 Å². The maximum Gasteiger partial charge on any atom is 0.246 e. The minimum absolute atomic E-state index is 0.0900. The fourth-order valence-electron chi connectivity index (χ4n) is 8.31. The number of anilines is 1. The zero-order chi connectivity index (χ0) is 32.5. The summed E-state index contributed by atoms with van der Waals surface area (Å²) in [7, 11) is 0. The van der Waals surface area contributed by atoms with Crippen molar-refractivity contribution in [1.29, 1.82) is 0 Å². The Balaban J connectivity index is 1.04. The number of likely N-dealkylation sites (tertiary alicyclic amines) is 1. The third-order valence-electron chi connectivity index (χ3n) is 10.7. The highest BCUT2D eigenvalue weighted by Crippen LogP contribution is 2.55. The summed E-state index contributed by atoms with van der Waals surface area (Å²) < 4.78 is 6.52. The lowest BCUT2D eigenvalue weighted by Gasteiger charge is -2.36. The number of benzene rings is 2. The van der Waals surface area contributed by atoms with Crippen molar-refractivity contribution in [3.05, 3.63) is 76.3 Å². The molecule has 4 heterocycles. The SMILES string of the molecule is O=C(Nc1ccc(Cl)c(Cl)c1)C1[C@@H]2C=CC3(O2)C(C(=O)NC2CCCCC2)N(CCCN2CCN(Cc4ccccc4)CC2)C(=O)[C@H]13. The number of hydrogen-bond donors (Lipinski definition) is 2. The molecule has 1 aliphatic carbocycles. The lowest BCUT2D eigenvalue weighted by atomic mass is 9.74. The van der Waals surface area contributed by atoms with Crippen molar-refractivity contribution in [3.63, 3.8) is 0 Å². The molecule has 5 aliphatic rings. The van der Waals surface area contributed by atoms with Gasteiger partial charge in [0, 0.05) is 51.0 Å². The molecular formula is C36H43Cl2N5O4. The first-order valence-electron chi connectivity index (χ1n) is 17.0. The minimum Gasteiger partial charge on any atom is -0.359 e. The number of ether oxygens (including phenoxy) is 1. The van der Waals surface area contributed by atoms with Gasteiger partial charge in [-0.1, -0.05) is 84.9 Å². The summed E-state index contributed by atoms with van der Waals surface area (Å²) in [6.07, 6.45) is 9.08. The lowest BCUT2D eigenvalue weighted by molar-refractivity contribution is -0.141. The smallest absolute Gasteiger partial charge is 0.246 e. The largest absolute Gasteiger partial charge is 0.359 e. The summed E-state index contributed by atoms with van der Waals surface area (Å²) in [5.74, 6) is -2.26. The first kappa shape index (κ1) is 32.6. The summed E-state index contributed by atoms with van der Waals surface area (Å²) in [5.41, 5.74) is 0.636. The number of hydrogen-bond acceptors (Lipinski definition) is 6. The number of piperazine rings is 1. The third-order valence-corrected chi connectivity index (χ3v) is 11.4. The van der Waals surface area contributed by atoms with Crippen LogP contribution in [0.3, 0.4) is 0 Å². The van der Waals surface area contributed by atoms with Gasteiger partial charge in [-0.05, 0) is 49.6 Å². The molecular weight excluding hydrogens is 637 g/mol. The highest BCUT2D eigenvalue weighted by atomic mass is 35.5. The fourth-order valence-corrected chi connectivity index (χ4v) is 8.61. The predicted molar refractivity (Wildman–Crippen MR) is 182 cm³/mol. The Morgan fingerprint density at radius 3 is 2.38 bits per heavy atom. The number of fused-ring (bicyclic) bond motifs is 1. The van der Waals surface area contributed by atoms with Crippen molar-refractivity contribution >= 4 is 46.6 Å². The fraction of sp³-hybridized carbons (Fsp3) is 0.528. The van der Waals surface area contributed by atoms with Gasteiger partial charge in [0.15, 0.2) is 0 Å². The van der Waals surface area contributed by atoms with Gasteiger partial charge >= 0.3 is 0 Å². The first-order valence-corrected chi connectivity index (χ1v) is 17.8. The highest BCUT2D eigenvalue weighted by molar-refractivity contribution is 6.42. The normalized spacial score (nSPS) is 29.3. The van der Waals surface area contributed by atoms with Crippen molar-refractivity contribution in [2.24, 2.45) is 11.8 Å². The monoisotopic (exact) mass is 679 g/mol. The summed E-state index contributed by atoms with van der Waals surface area (Å²) in [4.78, 5) is 48.8. The van der Waals surface area contributed by atoms with Gasteiger partial charge in [0.05, 0.1) is 28.0 Å². The molecule has 2 aromatic rings. The van der Waals surface area contributed by atoms with E-state index in [2.05, 4.69) is 44.7 Å². The van der Waals surface area contributed by atoms with Crippen LogP contribution < -0.4 is 10.6 Å². The molecule has 11 heteroatoms. The van der Waals surface area contributed by atoms with Gasteiger partial charge in [0.2, 0.25) is 17.7 Å². The van der Waals surface area contributed by atoms with Crippen LogP contribution in [-0.2, 0) is 25.7 Å². The van der Waals surface area contributed by atoms with Crippen molar-refractivity contribution in [2.45, 2.75) is 68.9 Å². The molecule has 7 rings (SSSR count). The zero-order valence-electron chi connectivity index (χ0n) is 26.6. The molecule has 2 bridgehead atoms. The zero-order valence-corrected chi connectivity index (χ0v) is 28.1. The Morgan fingerprint density at radius 1 is 0.894 bits per heavy atom. The molecule has 1 saturated carbocycles. The molecule has 4 fully saturated rings. The molecule has 0 radical (unpaired) electrons. The van der Waals surface area contributed by atoms with Crippen LogP contribution in [0.25, 0.3) is 0 Å². The Morgan fingerprint density at radius 2 is 1.64 bits per heavy atom. The molecule has 3 amide bonds. The van der Waals surface area contributed by atoms with Gasteiger partial charge in [0.25, 0.3) is 0 Å². The molecule has 4 aliphatic heterocycles. The third kappa shape index (κ3) is 6.57. The van der Waals surface area contributed by atoms with Gasteiger partial charge in [-0.15, -0.1) is 0 Å². The van der Waals surface area contributed by atoms with Crippen LogP contribution in [0.15, 0.2) is 60.7 Å². The molecule has 9 nitrogen and oxygen atoms in total. The van der Waals surface area contributed by atoms with Crippen LogP contribution in [-0.4, -0.2) is 95.5 Å². The van der Waals surface area contributed by atoms with Crippen molar-refractivity contribution < 1.29 is 19.1 Å². The maximum absolute atomic E-state index is 14.3. The summed E-state index contributed by atoms with van der Waals surface area (Å²) in [5, 5.41) is 6.90. The van der Waals surface area contributed by atoms with Gasteiger partial charge in [0.1, 0.15) is 11.6 Å². The second-order valence-electron chi connectivity index (χ2n) is 13.7. The maximum atomic E-state index is 14.3. The van der Waals surface area contributed by atoms with E-state index < -0.39 is 29.6 Å². The molecule has 2 aromatic carbocycles. The van der Waals surface area contributed by atoms with Crippen LogP contribution >= 0.6 is 23.2 Å². The van der Waals surface area contributed by atoms with E-state index in [1.165, 1.54) is 12.0 Å². The van der Waals surface area contributed by atoms with Gasteiger partial charge in [-0.2, -0.15) is 0 Å². The average molecular weight is 681 g/mol. The van der Waals surface area contributed by atoms with Crippen molar-refractivity contribution in [1.82, 2.24) is 20.0 Å². The number of rotatable bonds is 10. The topological polar surface area (TPSA) is 94.2 Å². The Hall–Kier alpha value is -2.95. The predicted octanol–water partition coefficient (Wildman–Crippen LogP) is 4.74. The number of carbonyl (C=O) groups excluding carboxylic acids is 3. The molecule has 250 valence electrons. The number of halogens is 2. The summed E-state index contributed by atoms with van der Waals surface area (Å²) in [6, 6.07) is 14.7. The van der Waals surface area contributed by atoms with Gasteiger partial charge < -0.3 is 25.2 Å². The van der Waals surface area contributed by atoms with Crippen LogP contribution in [0, 0.1) is 11.8 Å². The Labute approximate surface area is 286 Å². The van der Waals surface area contributed by atoms with Crippen LogP contribution in [0.5, 0.6) is 0 Å². The summed E-state index contributed by atoms with van der Waals surface area (Å²) >= 11 is 12.3. The van der Waals surface area contributed by atoms with Crippen LogP contribution in [0.1, 0.15) is 44.1 Å². The van der Waals surface area contributed by atoms with E-state index in [-0.39, 0.29) is 23.8 Å². The van der Waals surface area contributed by atoms with Crippen LogP contribution in [0.2, 0.25) is 10.0 Å². The lowest BCUT2D eigenvalue weighted by Crippen LogP contribution is -2.56. The Bertz CT molecular complexity index is 1510. The second-order valence-corrected chi connectivity index (χ2v) is 14.5. The van der Waals surface area contributed by atoms with Crippen molar-refractivity contribution in [2.75, 3.05) is 44.6 Å². The number of nitrogens with one attached hydrogen (secondary N) is 2. The Kier molecular flexibility index (Phi) is 9.63. The molecule has 2 N–H and O–H groups in total. The average Bonchev–Trinajstić information content (AvgIpc) is 3.72. The molecule has 3 unspecified atom stereocenters. The first-order chi connectivity index (χ1) is 22.8. The van der Waals surface area contributed by atoms with E-state index in [1.54, 1.807) is 23.1 Å². The minimum atomic E-state index is -1.18. The molecule has 1 spiro atoms. The molecule has 3 saturated heterocycles. The van der Waals surface area contributed by atoms with E-state index in [0.29, 0.717) is 22.3 Å². The number of amides is 3. The molecule has 47 heavy (non-hydrogen) atoms. The number of nitrogens with zero attached hydrogens (tertiary/aromatic N) is 3. The van der Waals surface area contributed by atoms with E-state index >= 15 is 0 Å². The highest BCUT2D eigenvalue weighted by Gasteiger charge is 2.72. The standard InChI is InChI=1S/C36H43Cl2N5O4/c37-27-13-12-26(22-28(27)38)40-33(44)30-29-14-15-36(47-29)31(30)35(46)43(32(36)34(45)39-25-10-5-2-6-11-25)17-7-16-41-18-20-42(21-19-41)23-24-8-3-1-4-9-24/h1,3-4,8-9,12-15,22,25,29-32H,2,5-7,10-11,16-21,23H2,(H,39,45)(H,40,44)/t29-,30?,31-,32?,36?/m0/s1. The van der Waals surface area contributed by atoms with E-state index in [1.807, 2.05) is 18.2 Å². The van der Waals surface area contributed by atoms with E-state index in [9.17, 15) is 14.4 Å². The van der Waals surface area contributed by atoms with Crippen molar-refractivity contribution in [3.8, 4) is 0 Å².